The number of hydrogen-bond donors (Lipinski definition) is 0. The molecule has 0 amide bonds. The molecule has 0 radical (unpaired) electrons. The zero-order valence-corrected chi connectivity index (χ0v) is 29.3. The molecule has 2 aromatic carbocycles. The van der Waals surface area contributed by atoms with E-state index in [1.807, 2.05) is 0 Å². The van der Waals surface area contributed by atoms with Crippen molar-refractivity contribution in [3.8, 4) is 0 Å². The molecule has 3 aromatic rings. The van der Waals surface area contributed by atoms with Crippen LogP contribution in [0.5, 0.6) is 0 Å². The lowest BCUT2D eigenvalue weighted by atomic mass is 9.35. The van der Waals surface area contributed by atoms with E-state index < -0.39 is 8.32 Å². The molecule has 4 bridgehead atoms. The molecule has 41 heavy (non-hydrogen) atoms. The third kappa shape index (κ3) is 5.30. The van der Waals surface area contributed by atoms with Crippen molar-refractivity contribution < 1.29 is 4.43 Å². The van der Waals surface area contributed by atoms with Gasteiger partial charge in [0, 0.05) is 18.8 Å². The predicted molar refractivity (Wildman–Crippen MR) is 181 cm³/mol. The summed E-state index contributed by atoms with van der Waals surface area (Å²) in [6, 6.07) is 22.3. The molecule has 7 rings (SSSR count). The lowest BCUT2D eigenvalue weighted by Crippen LogP contribution is -2.66. The van der Waals surface area contributed by atoms with Crippen LogP contribution in [-0.2, 0) is 11.0 Å². The zero-order valence-electron chi connectivity index (χ0n) is 26.1. The lowest BCUT2D eigenvalue weighted by molar-refractivity contribution is -0.198. The molecule has 2 atom stereocenters. The Morgan fingerprint density at radius 3 is 1.85 bits per heavy atom. The van der Waals surface area contributed by atoms with Crippen molar-refractivity contribution in [3.63, 3.8) is 0 Å². The van der Waals surface area contributed by atoms with Crippen LogP contribution >= 0.6 is 22.6 Å². The maximum Gasteiger partial charge on any atom is 0.261 e. The van der Waals surface area contributed by atoms with Crippen LogP contribution in [0.1, 0.15) is 91.7 Å². The van der Waals surface area contributed by atoms with Crippen molar-refractivity contribution in [3.05, 3.63) is 76.1 Å². The van der Waals surface area contributed by atoms with Gasteiger partial charge >= 0.3 is 0 Å². The average molecular weight is 681 g/mol. The fourth-order valence-corrected chi connectivity index (χ4v) is 16.0. The van der Waals surface area contributed by atoms with Gasteiger partial charge in [0.15, 0.2) is 0 Å². The van der Waals surface area contributed by atoms with Gasteiger partial charge in [0.25, 0.3) is 8.32 Å². The Morgan fingerprint density at radius 1 is 0.829 bits per heavy atom. The van der Waals surface area contributed by atoms with Crippen LogP contribution in [-0.4, -0.2) is 24.7 Å². The van der Waals surface area contributed by atoms with Crippen LogP contribution in [0.4, 0.5) is 0 Å². The van der Waals surface area contributed by atoms with Crippen molar-refractivity contribution >= 4 is 41.3 Å². The highest BCUT2D eigenvalue weighted by Gasteiger charge is 2.65. The van der Waals surface area contributed by atoms with Gasteiger partial charge in [-0.05, 0) is 118 Å². The Kier molecular flexibility index (Phi) is 7.46. The van der Waals surface area contributed by atoms with E-state index in [1.54, 1.807) is 0 Å². The minimum atomic E-state index is -2.49. The zero-order chi connectivity index (χ0) is 29.2. The second-order valence-corrected chi connectivity index (χ2v) is 21.5. The highest BCUT2D eigenvalue weighted by atomic mass is 127. The van der Waals surface area contributed by atoms with E-state index in [4.69, 9.17) is 9.52 Å². The van der Waals surface area contributed by atoms with Gasteiger partial charge in [0.2, 0.25) is 0 Å². The van der Waals surface area contributed by atoms with E-state index in [9.17, 15) is 0 Å². The molecule has 0 spiro atoms. The summed E-state index contributed by atoms with van der Waals surface area (Å²) in [5.74, 6) is 0. The molecule has 2 unspecified atom stereocenters. The Balaban J connectivity index is 1.25. The Bertz CT molecular complexity index is 1320. The summed E-state index contributed by atoms with van der Waals surface area (Å²) in [5.41, 5.74) is 3.05. The van der Waals surface area contributed by atoms with Crippen LogP contribution in [0, 0.1) is 32.2 Å². The summed E-state index contributed by atoms with van der Waals surface area (Å²) >= 11 is 2.44. The fourth-order valence-electron chi connectivity index (χ4n) is 11.0. The van der Waals surface area contributed by atoms with Crippen LogP contribution in [0.25, 0.3) is 0 Å². The molecular weight excluding hydrogens is 631 g/mol. The summed E-state index contributed by atoms with van der Waals surface area (Å²) in [5, 5.41) is 7.64. The first kappa shape index (κ1) is 29.6. The molecule has 0 N–H and O–H groups in total. The number of rotatable bonds is 9. The van der Waals surface area contributed by atoms with E-state index in [0.29, 0.717) is 21.7 Å². The molecule has 4 saturated carbocycles. The summed E-state index contributed by atoms with van der Waals surface area (Å²) in [4.78, 5) is 0. The molecular formula is C36H49IN2OSi. The van der Waals surface area contributed by atoms with Gasteiger partial charge in [-0.15, -0.1) is 0 Å². The quantitative estimate of drug-likeness (QED) is 0.129. The van der Waals surface area contributed by atoms with Crippen LogP contribution in [0.3, 0.4) is 0 Å². The Labute approximate surface area is 263 Å². The van der Waals surface area contributed by atoms with Crippen molar-refractivity contribution in [1.82, 2.24) is 9.78 Å². The first-order chi connectivity index (χ1) is 19.3. The van der Waals surface area contributed by atoms with Crippen molar-refractivity contribution in [2.24, 2.45) is 21.7 Å². The smallest absolute Gasteiger partial charge is 0.261 e. The summed E-state index contributed by atoms with van der Waals surface area (Å²) in [6.45, 7) is 16.6. The molecule has 1 aromatic heterocycles. The number of benzene rings is 2. The van der Waals surface area contributed by atoms with Crippen LogP contribution in [0.2, 0.25) is 5.04 Å². The monoisotopic (exact) mass is 680 g/mol. The highest BCUT2D eigenvalue weighted by Crippen LogP contribution is 2.75. The molecule has 220 valence electrons. The van der Waals surface area contributed by atoms with Crippen LogP contribution < -0.4 is 10.4 Å². The molecule has 3 nitrogen and oxygen atoms in total. The van der Waals surface area contributed by atoms with Gasteiger partial charge in [0.05, 0.1) is 9.77 Å². The summed E-state index contributed by atoms with van der Waals surface area (Å²) in [6.07, 6.45) is 12.8. The average Bonchev–Trinajstić information content (AvgIpc) is 3.18. The van der Waals surface area contributed by atoms with Gasteiger partial charge in [-0.2, -0.15) is 5.10 Å². The summed E-state index contributed by atoms with van der Waals surface area (Å²) < 4.78 is 11.0. The topological polar surface area (TPSA) is 27.1 Å². The van der Waals surface area contributed by atoms with Gasteiger partial charge in [-0.3, -0.25) is 4.68 Å². The van der Waals surface area contributed by atoms with E-state index in [1.165, 1.54) is 64.6 Å². The van der Waals surface area contributed by atoms with Crippen molar-refractivity contribution in [2.75, 3.05) is 6.61 Å². The molecule has 4 aliphatic carbocycles. The maximum absolute atomic E-state index is 7.34. The predicted octanol–water partition coefficient (Wildman–Crippen LogP) is 8.52. The van der Waals surface area contributed by atoms with E-state index in [-0.39, 0.29) is 5.04 Å². The van der Waals surface area contributed by atoms with Crippen LogP contribution in [0.15, 0.2) is 66.9 Å². The van der Waals surface area contributed by atoms with E-state index >= 15 is 0 Å². The molecule has 4 fully saturated rings. The van der Waals surface area contributed by atoms with Gasteiger partial charge in [0.1, 0.15) is 0 Å². The molecule has 4 aliphatic rings. The molecule has 1 heterocycles. The highest BCUT2D eigenvalue weighted by molar-refractivity contribution is 14.1. The van der Waals surface area contributed by atoms with Crippen molar-refractivity contribution in [1.29, 1.82) is 0 Å². The summed E-state index contributed by atoms with van der Waals surface area (Å²) in [7, 11) is -2.49. The Morgan fingerprint density at radius 2 is 1.37 bits per heavy atom. The minimum absolute atomic E-state index is 0.0283. The lowest BCUT2D eigenvalue weighted by Gasteiger charge is -2.70. The first-order valence-electron chi connectivity index (χ1n) is 15.7. The van der Waals surface area contributed by atoms with Gasteiger partial charge < -0.3 is 4.43 Å². The van der Waals surface area contributed by atoms with E-state index in [2.05, 4.69) is 136 Å². The fraction of sp³-hybridized carbons (Fsp3) is 0.583. The second-order valence-electron chi connectivity index (χ2n) is 16.0. The maximum atomic E-state index is 7.34. The van der Waals surface area contributed by atoms with Gasteiger partial charge in [-0.1, -0.05) is 95.3 Å². The second kappa shape index (κ2) is 10.3. The van der Waals surface area contributed by atoms with E-state index in [0.717, 1.165) is 19.6 Å². The largest absolute Gasteiger partial charge is 0.407 e. The normalized spacial score (nSPS) is 31.1. The molecule has 0 aliphatic heterocycles. The first-order valence-corrected chi connectivity index (χ1v) is 18.7. The number of nitrogens with zero attached hydrogens (tertiary/aromatic N) is 2. The van der Waals surface area contributed by atoms with Gasteiger partial charge in [-0.25, -0.2) is 0 Å². The number of aromatic nitrogens is 2. The number of halogens is 1. The Hall–Kier alpha value is -1.44. The third-order valence-electron chi connectivity index (χ3n) is 10.9. The standard InChI is InChI=1S/C36H49IN2OSi/c1-28-31(37)20-38-39(28)27-36-24-33(5)21-34(6,25-36)23-35(22-33,26-36)18-13-19-40-41(32(2,3)4,29-14-9-7-10-15-29)30-16-11-8-12-17-30/h7-12,14-17,20H,13,18-19,21-27H2,1-6H3. The molecule has 5 heteroatoms. The van der Waals surface area contributed by atoms with Crippen molar-refractivity contribution in [2.45, 2.75) is 104 Å². The minimum Gasteiger partial charge on any atom is -0.407 e. The third-order valence-corrected chi connectivity index (χ3v) is 17.0. The molecule has 0 saturated heterocycles. The SMILES string of the molecule is Cc1c(I)cnn1CC12CC3(C)CC(C)(CC(CCCO[Si](c4ccccc4)(c4ccccc4)C(C)(C)C)(C3)C1)C2. The number of hydrogen-bond acceptors (Lipinski definition) is 2.